The van der Waals surface area contributed by atoms with Crippen LogP contribution in [0.2, 0.25) is 0 Å². The predicted octanol–water partition coefficient (Wildman–Crippen LogP) is 1.34. The van der Waals surface area contributed by atoms with Crippen LogP contribution < -0.4 is 5.32 Å². The summed E-state index contributed by atoms with van der Waals surface area (Å²) < 4.78 is 24.8. The van der Waals surface area contributed by atoms with Crippen LogP contribution in [-0.2, 0) is 4.79 Å². The molecule has 98 valence electrons. The van der Waals surface area contributed by atoms with E-state index < -0.39 is 13.0 Å². The van der Waals surface area contributed by atoms with E-state index in [1.807, 2.05) is 11.8 Å². The summed E-state index contributed by atoms with van der Waals surface area (Å²) in [4.78, 5) is 13.4. The molecule has 6 heteroatoms. The number of thioether (sulfide) groups is 1. The van der Waals surface area contributed by atoms with Gasteiger partial charge in [0.15, 0.2) is 0 Å². The van der Waals surface area contributed by atoms with Gasteiger partial charge in [0.2, 0.25) is 5.91 Å². The Bertz CT molecular complexity index is 268. The van der Waals surface area contributed by atoms with Crippen molar-refractivity contribution in [3.63, 3.8) is 0 Å². The fourth-order valence-corrected chi connectivity index (χ4v) is 3.02. The summed E-state index contributed by atoms with van der Waals surface area (Å²) in [7, 11) is 0. The van der Waals surface area contributed by atoms with Crippen LogP contribution in [0.25, 0.3) is 0 Å². The van der Waals surface area contributed by atoms with E-state index in [4.69, 9.17) is 0 Å². The molecule has 1 amide bonds. The number of hydrogen-bond donors (Lipinski definition) is 1. The maximum Gasteiger partial charge on any atom is 0.255 e. The number of carbonyl (C=O) groups excluding carboxylic acids is 1. The van der Waals surface area contributed by atoms with Crippen molar-refractivity contribution in [1.82, 2.24) is 10.2 Å². The lowest BCUT2D eigenvalue weighted by Gasteiger charge is -2.27. The van der Waals surface area contributed by atoms with E-state index in [2.05, 4.69) is 5.32 Å². The predicted molar refractivity (Wildman–Crippen MR) is 64.5 cm³/mol. The molecule has 1 heterocycles. The highest BCUT2D eigenvalue weighted by Gasteiger charge is 2.34. The number of nitrogens with one attached hydrogen (secondary N) is 1. The Morgan fingerprint density at radius 2 is 2.24 bits per heavy atom. The first-order chi connectivity index (χ1) is 8.16. The van der Waals surface area contributed by atoms with Gasteiger partial charge in [-0.1, -0.05) is 0 Å². The minimum absolute atomic E-state index is 0.0766. The molecule has 17 heavy (non-hydrogen) atoms. The van der Waals surface area contributed by atoms with Gasteiger partial charge in [0.05, 0.1) is 6.54 Å². The molecule has 1 saturated heterocycles. The molecule has 0 bridgehead atoms. The van der Waals surface area contributed by atoms with Crippen molar-refractivity contribution < 1.29 is 13.6 Å². The number of amides is 1. The van der Waals surface area contributed by atoms with Gasteiger partial charge in [0.25, 0.3) is 6.43 Å². The van der Waals surface area contributed by atoms with Crippen molar-refractivity contribution in [3.8, 4) is 0 Å². The lowest BCUT2D eigenvalue weighted by Crippen LogP contribution is -2.44. The van der Waals surface area contributed by atoms with Crippen LogP contribution in [0.1, 0.15) is 19.3 Å². The lowest BCUT2D eigenvalue weighted by atomic mass is 10.2. The SMILES string of the molecule is O=C(CC1CSCCN1)N(CC(F)F)C1CC1. The number of rotatable bonds is 5. The molecule has 0 radical (unpaired) electrons. The van der Waals surface area contributed by atoms with Crippen molar-refractivity contribution in [3.05, 3.63) is 0 Å². The number of carbonyl (C=O) groups is 1. The normalized spacial score (nSPS) is 25.0. The van der Waals surface area contributed by atoms with Crippen LogP contribution in [0.15, 0.2) is 0 Å². The molecule has 2 rings (SSSR count). The summed E-state index contributed by atoms with van der Waals surface area (Å²) in [6.45, 7) is 0.504. The third-order valence-electron chi connectivity index (χ3n) is 3.06. The van der Waals surface area contributed by atoms with Crippen LogP contribution >= 0.6 is 11.8 Å². The minimum atomic E-state index is -2.42. The number of halogens is 2. The maximum atomic E-state index is 12.4. The summed E-state index contributed by atoms with van der Waals surface area (Å²) in [5, 5.41) is 3.26. The fraction of sp³-hybridized carbons (Fsp3) is 0.909. The van der Waals surface area contributed by atoms with Crippen LogP contribution in [0.3, 0.4) is 0 Å². The molecule has 0 aromatic carbocycles. The number of alkyl halides is 2. The smallest absolute Gasteiger partial charge is 0.255 e. The van der Waals surface area contributed by atoms with Gasteiger partial charge in [-0.15, -0.1) is 0 Å². The zero-order valence-corrected chi connectivity index (χ0v) is 10.5. The highest BCUT2D eigenvalue weighted by Crippen LogP contribution is 2.28. The van der Waals surface area contributed by atoms with Gasteiger partial charge >= 0.3 is 0 Å². The molecule has 1 N–H and O–H groups in total. The first kappa shape index (κ1) is 13.1. The molecule has 2 fully saturated rings. The largest absolute Gasteiger partial charge is 0.334 e. The van der Waals surface area contributed by atoms with E-state index in [0.717, 1.165) is 30.9 Å². The second-order valence-electron chi connectivity index (χ2n) is 4.60. The van der Waals surface area contributed by atoms with Gasteiger partial charge in [0.1, 0.15) is 0 Å². The lowest BCUT2D eigenvalue weighted by molar-refractivity contribution is -0.134. The number of nitrogens with zero attached hydrogens (tertiary/aromatic N) is 1. The van der Waals surface area contributed by atoms with Gasteiger partial charge in [-0.05, 0) is 12.8 Å². The molecular formula is C11H18F2N2OS. The van der Waals surface area contributed by atoms with E-state index in [1.165, 1.54) is 4.90 Å². The highest BCUT2D eigenvalue weighted by molar-refractivity contribution is 7.99. The van der Waals surface area contributed by atoms with Crippen molar-refractivity contribution >= 4 is 17.7 Å². The van der Waals surface area contributed by atoms with Crippen LogP contribution in [0.4, 0.5) is 8.78 Å². The first-order valence-electron chi connectivity index (χ1n) is 6.05. The topological polar surface area (TPSA) is 32.3 Å². The summed E-state index contributed by atoms with van der Waals surface area (Å²) in [5.74, 6) is 1.85. The van der Waals surface area contributed by atoms with Crippen LogP contribution in [0, 0.1) is 0 Å². The average Bonchev–Trinajstić information content (AvgIpc) is 3.10. The van der Waals surface area contributed by atoms with Gasteiger partial charge in [0, 0.05) is 36.6 Å². The molecule has 3 nitrogen and oxygen atoms in total. The average molecular weight is 264 g/mol. The van der Waals surface area contributed by atoms with Gasteiger partial charge in [-0.2, -0.15) is 11.8 Å². The van der Waals surface area contributed by atoms with Gasteiger partial charge in [-0.25, -0.2) is 8.78 Å². The monoisotopic (exact) mass is 264 g/mol. The van der Waals surface area contributed by atoms with Crippen LogP contribution in [-0.4, -0.2) is 53.9 Å². The third kappa shape index (κ3) is 4.10. The van der Waals surface area contributed by atoms with Crippen molar-refractivity contribution in [2.45, 2.75) is 37.8 Å². The Morgan fingerprint density at radius 3 is 2.76 bits per heavy atom. The molecule has 1 aliphatic carbocycles. The molecule has 1 aliphatic heterocycles. The molecule has 0 aromatic heterocycles. The quantitative estimate of drug-likeness (QED) is 0.813. The Kier molecular flexibility index (Phi) is 4.62. The van der Waals surface area contributed by atoms with E-state index in [9.17, 15) is 13.6 Å². The van der Waals surface area contributed by atoms with Crippen molar-refractivity contribution in [2.24, 2.45) is 0 Å². The standard InChI is InChI=1S/C11H18F2N2OS/c12-10(13)6-15(9-1-2-9)11(16)5-8-7-17-4-3-14-8/h8-10,14H,1-7H2. The summed E-state index contributed by atoms with van der Waals surface area (Å²) in [6.07, 6.45) is -0.305. The highest BCUT2D eigenvalue weighted by atomic mass is 32.2. The Hall–Kier alpha value is -0.360. The van der Waals surface area contributed by atoms with E-state index in [-0.39, 0.29) is 18.0 Å². The first-order valence-corrected chi connectivity index (χ1v) is 7.21. The summed E-state index contributed by atoms with van der Waals surface area (Å²) in [6, 6.07) is 0.230. The molecular weight excluding hydrogens is 246 g/mol. The Balaban J connectivity index is 1.82. The summed E-state index contributed by atoms with van der Waals surface area (Å²) in [5.41, 5.74) is 0. The molecule has 0 aromatic rings. The number of hydrogen-bond acceptors (Lipinski definition) is 3. The summed E-state index contributed by atoms with van der Waals surface area (Å²) >= 11 is 1.81. The Morgan fingerprint density at radius 1 is 1.47 bits per heavy atom. The molecule has 2 aliphatic rings. The van der Waals surface area contributed by atoms with Crippen molar-refractivity contribution in [2.75, 3.05) is 24.6 Å². The third-order valence-corrected chi connectivity index (χ3v) is 4.19. The van der Waals surface area contributed by atoms with E-state index in [0.29, 0.717) is 6.42 Å². The maximum absolute atomic E-state index is 12.4. The molecule has 1 atom stereocenters. The zero-order chi connectivity index (χ0) is 12.3. The Labute approximate surface area is 104 Å². The zero-order valence-electron chi connectivity index (χ0n) is 9.70. The second kappa shape index (κ2) is 6.00. The fourth-order valence-electron chi connectivity index (χ4n) is 2.07. The van der Waals surface area contributed by atoms with E-state index in [1.54, 1.807) is 0 Å². The van der Waals surface area contributed by atoms with Crippen molar-refractivity contribution in [1.29, 1.82) is 0 Å². The van der Waals surface area contributed by atoms with E-state index >= 15 is 0 Å². The van der Waals surface area contributed by atoms with Gasteiger partial charge in [-0.3, -0.25) is 4.79 Å². The van der Waals surface area contributed by atoms with Gasteiger partial charge < -0.3 is 10.2 Å². The van der Waals surface area contributed by atoms with Crippen LogP contribution in [0.5, 0.6) is 0 Å². The second-order valence-corrected chi connectivity index (χ2v) is 5.75. The molecule has 1 saturated carbocycles. The molecule has 1 unspecified atom stereocenters. The minimum Gasteiger partial charge on any atom is -0.334 e. The molecule has 0 spiro atoms.